The van der Waals surface area contributed by atoms with E-state index in [2.05, 4.69) is 0 Å². The molecule has 2 rings (SSSR count). The van der Waals surface area contributed by atoms with E-state index in [9.17, 15) is 14.9 Å². The summed E-state index contributed by atoms with van der Waals surface area (Å²) in [5.74, 6) is -0.00382. The largest absolute Gasteiger partial charge is 0.493 e. The van der Waals surface area contributed by atoms with Gasteiger partial charge in [-0.25, -0.2) is 4.79 Å². The number of methoxy groups -OCH3 is 2. The van der Waals surface area contributed by atoms with Crippen molar-refractivity contribution in [2.45, 2.75) is 6.61 Å². The fraction of sp³-hybridized carbons (Fsp3) is 0.188. The molecule has 7 nitrogen and oxygen atoms in total. The van der Waals surface area contributed by atoms with Crippen LogP contribution < -0.4 is 9.47 Å². The topological polar surface area (TPSA) is 87.9 Å². The van der Waals surface area contributed by atoms with E-state index in [4.69, 9.17) is 14.2 Å². The molecule has 120 valence electrons. The first kappa shape index (κ1) is 16.3. The quantitative estimate of drug-likeness (QED) is 0.462. The van der Waals surface area contributed by atoms with E-state index in [-0.39, 0.29) is 23.6 Å². The molecule has 0 amide bonds. The number of ether oxygens (including phenoxy) is 3. The molecule has 0 saturated carbocycles. The molecule has 0 aromatic heterocycles. The molecule has 0 N–H and O–H groups in total. The Labute approximate surface area is 132 Å². The maximum atomic E-state index is 11.9. The van der Waals surface area contributed by atoms with Gasteiger partial charge in [-0.05, 0) is 18.2 Å². The molecule has 0 spiro atoms. The fourth-order valence-electron chi connectivity index (χ4n) is 2.00. The summed E-state index contributed by atoms with van der Waals surface area (Å²) in [4.78, 5) is 22.5. The van der Waals surface area contributed by atoms with Crippen molar-refractivity contribution in [1.82, 2.24) is 0 Å². The van der Waals surface area contributed by atoms with Crippen molar-refractivity contribution in [3.8, 4) is 11.5 Å². The van der Waals surface area contributed by atoms with E-state index in [1.807, 2.05) is 0 Å². The Bertz CT molecular complexity index is 714. The highest BCUT2D eigenvalue weighted by Crippen LogP contribution is 2.34. The lowest BCUT2D eigenvalue weighted by Crippen LogP contribution is -2.07. The molecule has 0 unspecified atom stereocenters. The monoisotopic (exact) mass is 317 g/mol. The molecule has 0 bridgehead atoms. The van der Waals surface area contributed by atoms with Gasteiger partial charge in [0.05, 0.1) is 36.3 Å². The molecule has 0 atom stereocenters. The highest BCUT2D eigenvalue weighted by atomic mass is 16.6. The van der Waals surface area contributed by atoms with Gasteiger partial charge in [0.1, 0.15) is 6.61 Å². The molecule has 7 heteroatoms. The lowest BCUT2D eigenvalue weighted by atomic mass is 10.1. The average Bonchev–Trinajstić information content (AvgIpc) is 2.59. The first-order chi connectivity index (χ1) is 11.1. The van der Waals surface area contributed by atoms with Crippen molar-refractivity contribution in [3.63, 3.8) is 0 Å². The molecule has 0 fully saturated rings. The number of hydrogen-bond donors (Lipinski definition) is 0. The Balaban J connectivity index is 2.24. The maximum absolute atomic E-state index is 11.9. The average molecular weight is 317 g/mol. The summed E-state index contributed by atoms with van der Waals surface area (Å²) in [5, 5.41) is 11.2. The van der Waals surface area contributed by atoms with Crippen molar-refractivity contribution in [2.75, 3.05) is 14.2 Å². The number of carbonyl (C=O) groups excluding carboxylic acids is 1. The van der Waals surface area contributed by atoms with Gasteiger partial charge in [0.25, 0.3) is 5.69 Å². The van der Waals surface area contributed by atoms with Crippen LogP contribution in [0.1, 0.15) is 15.9 Å². The minimum atomic E-state index is -0.562. The van der Waals surface area contributed by atoms with Gasteiger partial charge in [-0.1, -0.05) is 18.2 Å². The number of carbonyl (C=O) groups is 1. The highest BCUT2D eigenvalue weighted by Gasteiger charge is 2.20. The number of nitro groups is 1. The fourth-order valence-corrected chi connectivity index (χ4v) is 2.00. The summed E-state index contributed by atoms with van der Waals surface area (Å²) in [6.07, 6.45) is 0. The Kier molecular flexibility index (Phi) is 5.14. The summed E-state index contributed by atoms with van der Waals surface area (Å²) in [5.41, 5.74) is 0.385. The van der Waals surface area contributed by atoms with Crippen molar-refractivity contribution in [3.05, 3.63) is 63.7 Å². The van der Waals surface area contributed by atoms with Crippen LogP contribution in [0.5, 0.6) is 11.5 Å². The lowest BCUT2D eigenvalue weighted by molar-refractivity contribution is -0.385. The van der Waals surface area contributed by atoms with Gasteiger partial charge >= 0.3 is 5.97 Å². The maximum Gasteiger partial charge on any atom is 0.338 e. The highest BCUT2D eigenvalue weighted by molar-refractivity contribution is 5.89. The van der Waals surface area contributed by atoms with Gasteiger partial charge in [0.15, 0.2) is 11.5 Å². The van der Waals surface area contributed by atoms with Crippen LogP contribution >= 0.6 is 0 Å². The summed E-state index contributed by atoms with van der Waals surface area (Å²) in [6, 6.07) is 11.1. The first-order valence-electron chi connectivity index (χ1n) is 6.68. The normalized spacial score (nSPS) is 10.0. The number of benzene rings is 2. The molecule has 23 heavy (non-hydrogen) atoms. The molecule has 0 aliphatic heterocycles. The van der Waals surface area contributed by atoms with Crippen molar-refractivity contribution < 1.29 is 23.9 Å². The number of rotatable bonds is 6. The van der Waals surface area contributed by atoms with Gasteiger partial charge < -0.3 is 14.2 Å². The second kappa shape index (κ2) is 7.26. The van der Waals surface area contributed by atoms with Gasteiger partial charge in [-0.2, -0.15) is 0 Å². The first-order valence-corrected chi connectivity index (χ1v) is 6.68. The van der Waals surface area contributed by atoms with E-state index in [1.54, 1.807) is 30.3 Å². The number of nitrogens with zero attached hydrogens (tertiary/aromatic N) is 1. The predicted molar refractivity (Wildman–Crippen MR) is 81.8 cm³/mol. The Morgan fingerprint density at radius 2 is 1.70 bits per heavy atom. The molecule has 0 heterocycles. The van der Waals surface area contributed by atoms with Crippen LogP contribution in [0.3, 0.4) is 0 Å². The smallest absolute Gasteiger partial charge is 0.338 e. The van der Waals surface area contributed by atoms with E-state index < -0.39 is 10.9 Å². The van der Waals surface area contributed by atoms with Crippen LogP contribution in [0, 0.1) is 10.1 Å². The van der Waals surface area contributed by atoms with E-state index >= 15 is 0 Å². The van der Waals surface area contributed by atoms with Crippen molar-refractivity contribution in [2.24, 2.45) is 0 Å². The standard InChI is InChI=1S/C16H15NO6/c1-21-14-8-12(13(17(19)20)9-15(14)22-2)10-23-16(18)11-6-4-3-5-7-11/h3-9H,10H2,1-2H3. The van der Waals surface area contributed by atoms with E-state index in [0.717, 1.165) is 0 Å². The van der Waals surface area contributed by atoms with Crippen LogP contribution in [-0.2, 0) is 11.3 Å². The molecule has 0 saturated heterocycles. The van der Waals surface area contributed by atoms with Crippen molar-refractivity contribution in [1.29, 1.82) is 0 Å². The SMILES string of the molecule is COc1cc(COC(=O)c2ccccc2)c([N+](=O)[O-])cc1OC. The number of nitro benzene ring substituents is 1. The summed E-state index contributed by atoms with van der Waals surface area (Å²) in [6.45, 7) is -0.246. The Morgan fingerprint density at radius 3 is 2.26 bits per heavy atom. The van der Waals surface area contributed by atoms with Crippen LogP contribution in [0.2, 0.25) is 0 Å². The third kappa shape index (κ3) is 3.76. The zero-order valence-corrected chi connectivity index (χ0v) is 12.6. The van der Waals surface area contributed by atoms with Crippen LogP contribution in [-0.4, -0.2) is 25.1 Å². The van der Waals surface area contributed by atoms with Crippen molar-refractivity contribution >= 4 is 11.7 Å². The van der Waals surface area contributed by atoms with E-state index in [1.165, 1.54) is 26.4 Å². The van der Waals surface area contributed by atoms with E-state index in [0.29, 0.717) is 11.3 Å². The molecule has 2 aromatic rings. The minimum absolute atomic E-state index is 0.205. The van der Waals surface area contributed by atoms with Crippen LogP contribution in [0.4, 0.5) is 5.69 Å². The number of hydrogen-bond acceptors (Lipinski definition) is 6. The van der Waals surface area contributed by atoms with Gasteiger partial charge in [-0.3, -0.25) is 10.1 Å². The second-order valence-electron chi connectivity index (χ2n) is 4.54. The van der Waals surface area contributed by atoms with Gasteiger partial charge in [-0.15, -0.1) is 0 Å². The third-order valence-corrected chi connectivity index (χ3v) is 3.15. The van der Waals surface area contributed by atoms with Crippen LogP contribution in [0.15, 0.2) is 42.5 Å². The molecule has 0 aliphatic carbocycles. The molecule has 0 aliphatic rings. The summed E-state index contributed by atoms with van der Waals surface area (Å²) < 4.78 is 15.3. The predicted octanol–water partition coefficient (Wildman–Crippen LogP) is 2.97. The van der Waals surface area contributed by atoms with Gasteiger partial charge in [0, 0.05) is 0 Å². The molecular weight excluding hydrogens is 302 g/mol. The number of esters is 1. The Morgan fingerprint density at radius 1 is 1.09 bits per heavy atom. The second-order valence-corrected chi connectivity index (χ2v) is 4.54. The van der Waals surface area contributed by atoms with Crippen LogP contribution in [0.25, 0.3) is 0 Å². The summed E-state index contributed by atoms with van der Waals surface area (Å²) >= 11 is 0. The Hall–Kier alpha value is -3.09. The summed E-state index contributed by atoms with van der Waals surface area (Å²) in [7, 11) is 2.81. The lowest BCUT2D eigenvalue weighted by Gasteiger charge is -2.11. The zero-order valence-electron chi connectivity index (χ0n) is 12.6. The third-order valence-electron chi connectivity index (χ3n) is 3.15. The zero-order chi connectivity index (χ0) is 16.8. The minimum Gasteiger partial charge on any atom is -0.493 e. The van der Waals surface area contributed by atoms with Gasteiger partial charge in [0.2, 0.25) is 0 Å². The molecular formula is C16H15NO6. The molecule has 0 radical (unpaired) electrons. The molecule has 2 aromatic carbocycles.